The highest BCUT2D eigenvalue weighted by molar-refractivity contribution is 5.88. The molecule has 0 aliphatic rings. The largest absolute Gasteiger partial charge is 0.354 e. The molecular weight excluding hydrogens is 408 g/mol. The Morgan fingerprint density at radius 2 is 1.48 bits per heavy atom. The van der Waals surface area contributed by atoms with Gasteiger partial charge in [-0.15, -0.1) is 0 Å². The summed E-state index contributed by atoms with van der Waals surface area (Å²) in [6, 6.07) is 27.2. The maximum Gasteiger partial charge on any atom is 0.243 e. The molecule has 1 unspecified atom stereocenters. The lowest BCUT2D eigenvalue weighted by atomic mass is 10.0. The van der Waals surface area contributed by atoms with Crippen LogP contribution in [0.4, 0.5) is 0 Å². The van der Waals surface area contributed by atoms with Crippen LogP contribution in [-0.4, -0.2) is 29.3 Å². The number of hydrogen-bond donors (Lipinski definition) is 1. The molecule has 4 nitrogen and oxygen atoms in total. The summed E-state index contributed by atoms with van der Waals surface area (Å²) in [6.07, 6.45) is 2.66. The van der Waals surface area contributed by atoms with E-state index in [1.54, 1.807) is 4.90 Å². The molecule has 0 aromatic heterocycles. The molecule has 0 saturated carbocycles. The maximum absolute atomic E-state index is 13.6. The number of amides is 2. The topological polar surface area (TPSA) is 49.4 Å². The zero-order valence-electron chi connectivity index (χ0n) is 19.7. The average Bonchev–Trinajstić information content (AvgIpc) is 2.82. The van der Waals surface area contributed by atoms with Crippen LogP contribution < -0.4 is 5.32 Å². The molecule has 4 heteroatoms. The van der Waals surface area contributed by atoms with Crippen LogP contribution in [0.3, 0.4) is 0 Å². The van der Waals surface area contributed by atoms with E-state index in [1.807, 2.05) is 91.9 Å². The van der Waals surface area contributed by atoms with Crippen molar-refractivity contribution in [3.63, 3.8) is 0 Å². The van der Waals surface area contributed by atoms with E-state index in [-0.39, 0.29) is 18.2 Å². The van der Waals surface area contributed by atoms with Crippen molar-refractivity contribution in [2.45, 2.75) is 52.1 Å². The second kappa shape index (κ2) is 12.6. The van der Waals surface area contributed by atoms with Crippen molar-refractivity contribution in [2.24, 2.45) is 0 Å². The molecular formula is C29H34N2O2. The predicted molar refractivity (Wildman–Crippen MR) is 134 cm³/mol. The number of nitrogens with zero attached hydrogens (tertiary/aromatic N) is 1. The Morgan fingerprint density at radius 3 is 2.12 bits per heavy atom. The highest BCUT2D eigenvalue weighted by atomic mass is 16.2. The minimum absolute atomic E-state index is 0.0453. The SMILES string of the molecule is CCCCNC(=O)C(Cc1ccccc1)N(Cc1ccccc1)C(=O)Cc1cccc(C)c1. The quantitative estimate of drug-likeness (QED) is 0.420. The molecule has 3 aromatic carbocycles. The molecule has 0 spiro atoms. The third-order valence-electron chi connectivity index (χ3n) is 5.73. The van der Waals surface area contributed by atoms with Gasteiger partial charge in [0.2, 0.25) is 11.8 Å². The van der Waals surface area contributed by atoms with Crippen LogP contribution in [0.25, 0.3) is 0 Å². The first kappa shape index (κ1) is 24.2. The molecule has 172 valence electrons. The van der Waals surface area contributed by atoms with Crippen molar-refractivity contribution in [3.8, 4) is 0 Å². The smallest absolute Gasteiger partial charge is 0.243 e. The Hall–Kier alpha value is -3.40. The Bertz CT molecular complexity index is 1020. The van der Waals surface area contributed by atoms with Gasteiger partial charge in [0.1, 0.15) is 6.04 Å². The van der Waals surface area contributed by atoms with Crippen LogP contribution in [0.5, 0.6) is 0 Å². The summed E-state index contributed by atoms with van der Waals surface area (Å²) in [5.74, 6) is -0.142. The van der Waals surface area contributed by atoms with Gasteiger partial charge in [0.15, 0.2) is 0 Å². The maximum atomic E-state index is 13.6. The molecule has 1 atom stereocenters. The molecule has 33 heavy (non-hydrogen) atoms. The number of nitrogens with one attached hydrogen (secondary N) is 1. The molecule has 0 fully saturated rings. The number of aryl methyl sites for hydroxylation is 1. The Kier molecular flexibility index (Phi) is 9.25. The lowest BCUT2D eigenvalue weighted by Crippen LogP contribution is -2.51. The number of hydrogen-bond acceptors (Lipinski definition) is 2. The Labute approximate surface area is 197 Å². The fourth-order valence-electron chi connectivity index (χ4n) is 3.94. The highest BCUT2D eigenvalue weighted by Crippen LogP contribution is 2.17. The number of carbonyl (C=O) groups is 2. The van der Waals surface area contributed by atoms with E-state index in [0.717, 1.165) is 35.1 Å². The summed E-state index contributed by atoms with van der Waals surface area (Å²) in [7, 11) is 0. The van der Waals surface area contributed by atoms with Gasteiger partial charge in [0.05, 0.1) is 6.42 Å². The van der Waals surface area contributed by atoms with Gasteiger partial charge < -0.3 is 10.2 Å². The fourth-order valence-corrected chi connectivity index (χ4v) is 3.94. The predicted octanol–water partition coefficient (Wildman–Crippen LogP) is 5.09. The van der Waals surface area contributed by atoms with E-state index < -0.39 is 6.04 Å². The number of benzene rings is 3. The molecule has 0 bridgehead atoms. The van der Waals surface area contributed by atoms with Crippen LogP contribution in [0.1, 0.15) is 42.0 Å². The minimum atomic E-state index is -0.582. The highest BCUT2D eigenvalue weighted by Gasteiger charge is 2.30. The lowest BCUT2D eigenvalue weighted by molar-refractivity contribution is -0.140. The van der Waals surface area contributed by atoms with Crippen molar-refractivity contribution in [1.82, 2.24) is 10.2 Å². The van der Waals surface area contributed by atoms with Gasteiger partial charge in [-0.2, -0.15) is 0 Å². The summed E-state index contributed by atoms with van der Waals surface area (Å²) in [4.78, 5) is 28.8. The standard InChI is InChI=1S/C29H34N2O2/c1-3-4-18-30-29(33)27(20-24-13-7-5-8-14-24)31(22-25-15-9-6-10-16-25)28(32)21-26-17-11-12-23(2)19-26/h5-17,19,27H,3-4,18,20-22H2,1-2H3,(H,30,33). The molecule has 0 saturated heterocycles. The normalized spacial score (nSPS) is 11.6. The van der Waals surface area contributed by atoms with E-state index in [0.29, 0.717) is 19.5 Å². The third kappa shape index (κ3) is 7.60. The number of carbonyl (C=O) groups excluding carboxylic acids is 2. The first-order valence-corrected chi connectivity index (χ1v) is 11.8. The summed E-state index contributed by atoms with van der Waals surface area (Å²) in [5.41, 5.74) is 4.13. The van der Waals surface area contributed by atoms with E-state index in [2.05, 4.69) is 12.2 Å². The summed E-state index contributed by atoms with van der Waals surface area (Å²) < 4.78 is 0. The molecule has 3 rings (SSSR count). The van der Waals surface area contributed by atoms with Crippen LogP contribution >= 0.6 is 0 Å². The van der Waals surface area contributed by atoms with Crippen LogP contribution in [-0.2, 0) is 29.0 Å². The van der Waals surface area contributed by atoms with Crippen molar-refractivity contribution in [3.05, 3.63) is 107 Å². The Morgan fingerprint density at radius 1 is 0.848 bits per heavy atom. The van der Waals surface area contributed by atoms with Crippen LogP contribution in [0, 0.1) is 6.92 Å². The van der Waals surface area contributed by atoms with Crippen molar-refractivity contribution in [1.29, 1.82) is 0 Å². The molecule has 0 aliphatic heterocycles. The first-order chi connectivity index (χ1) is 16.1. The molecule has 0 aliphatic carbocycles. The van der Waals surface area contributed by atoms with Crippen molar-refractivity contribution >= 4 is 11.8 Å². The Balaban J connectivity index is 1.91. The van der Waals surface area contributed by atoms with Gasteiger partial charge in [-0.1, -0.05) is 104 Å². The van der Waals surface area contributed by atoms with E-state index in [9.17, 15) is 9.59 Å². The molecule has 1 N–H and O–H groups in total. The zero-order chi connectivity index (χ0) is 23.5. The summed E-state index contributed by atoms with van der Waals surface area (Å²) in [6.45, 7) is 5.13. The number of rotatable bonds is 11. The van der Waals surface area contributed by atoms with E-state index in [1.165, 1.54) is 0 Å². The molecule has 2 amide bonds. The zero-order valence-corrected chi connectivity index (χ0v) is 19.7. The van der Waals surface area contributed by atoms with E-state index in [4.69, 9.17) is 0 Å². The average molecular weight is 443 g/mol. The van der Waals surface area contributed by atoms with E-state index >= 15 is 0 Å². The minimum Gasteiger partial charge on any atom is -0.354 e. The first-order valence-electron chi connectivity index (χ1n) is 11.8. The monoisotopic (exact) mass is 442 g/mol. The van der Waals surface area contributed by atoms with Crippen LogP contribution in [0.2, 0.25) is 0 Å². The van der Waals surface area contributed by atoms with Gasteiger partial charge in [-0.25, -0.2) is 0 Å². The van der Waals surface area contributed by atoms with Gasteiger partial charge in [-0.3, -0.25) is 9.59 Å². The van der Waals surface area contributed by atoms with Gasteiger partial charge in [0.25, 0.3) is 0 Å². The van der Waals surface area contributed by atoms with Crippen molar-refractivity contribution < 1.29 is 9.59 Å². The second-order valence-electron chi connectivity index (χ2n) is 8.52. The van der Waals surface area contributed by atoms with Gasteiger partial charge in [0, 0.05) is 19.5 Å². The number of unbranched alkanes of at least 4 members (excludes halogenated alkanes) is 1. The van der Waals surface area contributed by atoms with Crippen LogP contribution in [0.15, 0.2) is 84.9 Å². The third-order valence-corrected chi connectivity index (χ3v) is 5.73. The summed E-state index contributed by atoms with van der Waals surface area (Å²) in [5, 5.41) is 3.07. The molecule has 0 heterocycles. The fraction of sp³-hybridized carbons (Fsp3) is 0.310. The van der Waals surface area contributed by atoms with Crippen molar-refractivity contribution in [2.75, 3.05) is 6.54 Å². The summed E-state index contributed by atoms with van der Waals surface area (Å²) >= 11 is 0. The lowest BCUT2D eigenvalue weighted by Gasteiger charge is -2.31. The molecule has 3 aromatic rings. The van der Waals surface area contributed by atoms with Gasteiger partial charge >= 0.3 is 0 Å². The second-order valence-corrected chi connectivity index (χ2v) is 8.52. The van der Waals surface area contributed by atoms with Gasteiger partial charge in [-0.05, 0) is 30.0 Å². The molecule has 0 radical (unpaired) electrons.